The molecule has 26 heavy (non-hydrogen) atoms. The molecule has 0 atom stereocenters. The molecule has 0 saturated heterocycles. The Labute approximate surface area is 146 Å². The van der Waals surface area contributed by atoms with Crippen molar-refractivity contribution in [2.75, 3.05) is 26.1 Å². The first kappa shape index (κ1) is 19.5. The maximum atomic E-state index is 12.1. The molecular formula is C15H17F3N4O4. The number of ether oxygens (including phenoxy) is 2. The molecule has 142 valence electrons. The van der Waals surface area contributed by atoms with E-state index in [0.29, 0.717) is 24.5 Å². The number of halogens is 3. The van der Waals surface area contributed by atoms with Gasteiger partial charge in [-0.2, -0.15) is 4.98 Å². The summed E-state index contributed by atoms with van der Waals surface area (Å²) in [5.41, 5.74) is 0.308. The lowest BCUT2D eigenvalue weighted by Crippen LogP contribution is -2.31. The summed E-state index contributed by atoms with van der Waals surface area (Å²) in [6.45, 7) is 0.518. The molecule has 1 N–H and O–H groups in total. The summed E-state index contributed by atoms with van der Waals surface area (Å²) >= 11 is 0. The number of anilines is 1. The van der Waals surface area contributed by atoms with E-state index in [9.17, 15) is 18.0 Å². The van der Waals surface area contributed by atoms with Crippen LogP contribution in [0.5, 0.6) is 5.75 Å². The molecule has 0 aliphatic carbocycles. The van der Waals surface area contributed by atoms with Crippen molar-refractivity contribution in [3.63, 3.8) is 0 Å². The maximum absolute atomic E-state index is 12.1. The molecular weight excluding hydrogens is 357 g/mol. The maximum Gasteiger partial charge on any atom is 0.573 e. The second-order valence-corrected chi connectivity index (χ2v) is 5.21. The highest BCUT2D eigenvalue weighted by molar-refractivity contribution is 5.89. The minimum absolute atomic E-state index is 0.0705. The molecule has 0 fully saturated rings. The molecule has 2 amide bonds. The molecule has 0 unspecified atom stereocenters. The fourth-order valence-corrected chi connectivity index (χ4v) is 1.88. The average molecular weight is 374 g/mol. The van der Waals surface area contributed by atoms with Gasteiger partial charge in [-0.05, 0) is 24.3 Å². The first-order chi connectivity index (χ1) is 12.3. The first-order valence-electron chi connectivity index (χ1n) is 7.45. The summed E-state index contributed by atoms with van der Waals surface area (Å²) in [6.07, 6.45) is -4.28. The number of urea groups is 1. The van der Waals surface area contributed by atoms with E-state index < -0.39 is 12.4 Å². The Hall–Kier alpha value is -2.82. The second-order valence-electron chi connectivity index (χ2n) is 5.21. The van der Waals surface area contributed by atoms with Gasteiger partial charge in [-0.3, -0.25) is 0 Å². The highest BCUT2D eigenvalue weighted by Crippen LogP contribution is 2.24. The fourth-order valence-electron chi connectivity index (χ4n) is 1.88. The van der Waals surface area contributed by atoms with Crippen LogP contribution in [0.4, 0.5) is 23.7 Å². The fraction of sp³-hybridized carbons (Fsp3) is 0.400. The number of benzene rings is 1. The van der Waals surface area contributed by atoms with Crippen molar-refractivity contribution >= 4 is 11.7 Å². The molecule has 2 aromatic rings. The van der Waals surface area contributed by atoms with Gasteiger partial charge in [-0.1, -0.05) is 5.16 Å². The third-order valence-electron chi connectivity index (χ3n) is 3.10. The Balaban J connectivity index is 1.87. The lowest BCUT2D eigenvalue weighted by atomic mass is 10.3. The molecule has 0 radical (unpaired) electrons. The molecule has 0 saturated carbocycles. The van der Waals surface area contributed by atoms with Crippen LogP contribution in [0.1, 0.15) is 11.7 Å². The standard InChI is InChI=1S/C15H17F3N4O4/c1-22(9-13-20-12(21-26-13)7-8-24-2)14(23)19-10-3-5-11(6-4-10)25-15(16,17)18/h3-6H,7-9H2,1-2H3,(H,19,23). The summed E-state index contributed by atoms with van der Waals surface area (Å²) < 4.78 is 50.0. The molecule has 8 nitrogen and oxygen atoms in total. The van der Waals surface area contributed by atoms with Gasteiger partial charge in [0.25, 0.3) is 0 Å². The summed E-state index contributed by atoms with van der Waals surface area (Å²) in [4.78, 5) is 17.5. The van der Waals surface area contributed by atoms with Crippen molar-refractivity contribution in [2.45, 2.75) is 19.3 Å². The van der Waals surface area contributed by atoms with E-state index in [0.717, 1.165) is 12.1 Å². The van der Waals surface area contributed by atoms with Crippen LogP contribution in [0.2, 0.25) is 0 Å². The van der Waals surface area contributed by atoms with Crippen molar-refractivity contribution in [1.29, 1.82) is 0 Å². The van der Waals surface area contributed by atoms with Crippen LogP contribution in [0.25, 0.3) is 0 Å². The molecule has 0 spiro atoms. The predicted molar refractivity (Wildman–Crippen MR) is 83.5 cm³/mol. The van der Waals surface area contributed by atoms with Gasteiger partial charge < -0.3 is 24.2 Å². The molecule has 0 aliphatic heterocycles. The summed E-state index contributed by atoms with van der Waals surface area (Å²) in [5.74, 6) is 0.344. The van der Waals surface area contributed by atoms with Crippen molar-refractivity contribution < 1.29 is 32.0 Å². The number of alkyl halides is 3. The van der Waals surface area contributed by atoms with Gasteiger partial charge in [0.05, 0.1) is 6.61 Å². The molecule has 0 bridgehead atoms. The van der Waals surface area contributed by atoms with Crippen molar-refractivity contribution in [1.82, 2.24) is 15.0 Å². The van der Waals surface area contributed by atoms with E-state index in [-0.39, 0.29) is 18.2 Å². The highest BCUT2D eigenvalue weighted by Gasteiger charge is 2.31. The largest absolute Gasteiger partial charge is 0.573 e. The highest BCUT2D eigenvalue weighted by atomic mass is 19.4. The monoisotopic (exact) mass is 374 g/mol. The zero-order valence-electron chi connectivity index (χ0n) is 14.0. The Morgan fingerprint density at radius 1 is 1.31 bits per heavy atom. The van der Waals surface area contributed by atoms with E-state index in [1.165, 1.54) is 24.1 Å². The van der Waals surface area contributed by atoms with Gasteiger partial charge >= 0.3 is 12.4 Å². The number of methoxy groups -OCH3 is 1. The van der Waals surface area contributed by atoms with Crippen LogP contribution in [-0.4, -0.2) is 48.2 Å². The third kappa shape index (κ3) is 6.24. The second kappa shape index (κ2) is 8.52. The van der Waals surface area contributed by atoms with E-state index >= 15 is 0 Å². The van der Waals surface area contributed by atoms with Crippen molar-refractivity contribution in [2.24, 2.45) is 0 Å². The molecule has 1 heterocycles. The first-order valence-corrected chi connectivity index (χ1v) is 7.45. The number of nitrogens with zero attached hydrogens (tertiary/aromatic N) is 3. The molecule has 1 aromatic heterocycles. The van der Waals surface area contributed by atoms with Gasteiger partial charge in [-0.15, -0.1) is 13.2 Å². The number of nitrogens with one attached hydrogen (secondary N) is 1. The zero-order valence-corrected chi connectivity index (χ0v) is 14.0. The molecule has 2 rings (SSSR count). The molecule has 0 aliphatic rings. The van der Waals surface area contributed by atoms with Crippen LogP contribution in [-0.2, 0) is 17.7 Å². The van der Waals surface area contributed by atoms with Crippen LogP contribution < -0.4 is 10.1 Å². The van der Waals surface area contributed by atoms with Gasteiger partial charge in [0.1, 0.15) is 12.3 Å². The van der Waals surface area contributed by atoms with Gasteiger partial charge in [0.15, 0.2) is 5.82 Å². The van der Waals surface area contributed by atoms with Crippen molar-refractivity contribution in [3.8, 4) is 5.75 Å². The Morgan fingerprint density at radius 3 is 2.62 bits per heavy atom. The number of hydrogen-bond acceptors (Lipinski definition) is 6. The summed E-state index contributed by atoms with van der Waals surface area (Å²) in [5, 5.41) is 6.29. The van der Waals surface area contributed by atoms with E-state index in [2.05, 4.69) is 20.2 Å². The smallest absolute Gasteiger partial charge is 0.406 e. The normalized spacial score (nSPS) is 11.3. The average Bonchev–Trinajstić information content (AvgIpc) is 3.00. The predicted octanol–water partition coefficient (Wildman–Crippen LogP) is 2.82. The van der Waals surface area contributed by atoms with Gasteiger partial charge in [-0.25, -0.2) is 4.79 Å². The number of rotatable bonds is 7. The third-order valence-corrected chi connectivity index (χ3v) is 3.10. The number of aromatic nitrogens is 2. The van der Waals surface area contributed by atoms with E-state index in [1.807, 2.05) is 0 Å². The van der Waals surface area contributed by atoms with E-state index in [4.69, 9.17) is 9.26 Å². The molecule has 11 heteroatoms. The van der Waals surface area contributed by atoms with Crippen LogP contribution >= 0.6 is 0 Å². The van der Waals surface area contributed by atoms with Crippen LogP contribution in [0.15, 0.2) is 28.8 Å². The number of hydrogen-bond donors (Lipinski definition) is 1. The van der Waals surface area contributed by atoms with E-state index in [1.54, 1.807) is 7.11 Å². The lowest BCUT2D eigenvalue weighted by molar-refractivity contribution is -0.274. The summed E-state index contributed by atoms with van der Waals surface area (Å²) in [7, 11) is 3.07. The summed E-state index contributed by atoms with van der Waals surface area (Å²) in [6, 6.07) is 4.29. The zero-order chi connectivity index (χ0) is 19.2. The Morgan fingerprint density at radius 2 is 2.00 bits per heavy atom. The quantitative estimate of drug-likeness (QED) is 0.802. The minimum atomic E-state index is -4.77. The van der Waals surface area contributed by atoms with Gasteiger partial charge in [0, 0.05) is 26.3 Å². The number of carbonyl (C=O) groups excluding carboxylic acids is 1. The number of amides is 2. The SMILES string of the molecule is COCCc1noc(CN(C)C(=O)Nc2ccc(OC(F)(F)F)cc2)n1. The molecule has 1 aromatic carbocycles. The van der Waals surface area contributed by atoms with Crippen LogP contribution in [0.3, 0.4) is 0 Å². The minimum Gasteiger partial charge on any atom is -0.406 e. The topological polar surface area (TPSA) is 89.7 Å². The Kier molecular flexibility index (Phi) is 6.39. The lowest BCUT2D eigenvalue weighted by Gasteiger charge is -2.16. The Bertz CT molecular complexity index is 718. The van der Waals surface area contributed by atoms with Crippen LogP contribution in [0, 0.1) is 0 Å². The van der Waals surface area contributed by atoms with Crippen molar-refractivity contribution in [3.05, 3.63) is 36.0 Å². The number of carbonyl (C=O) groups is 1. The van der Waals surface area contributed by atoms with Gasteiger partial charge in [0.2, 0.25) is 5.89 Å².